The van der Waals surface area contributed by atoms with E-state index in [1.54, 1.807) is 18.2 Å². The van der Waals surface area contributed by atoms with E-state index in [1.165, 1.54) is 50.2 Å². The van der Waals surface area contributed by atoms with Crippen LogP contribution < -0.4 is 19.1 Å². The van der Waals surface area contributed by atoms with E-state index in [-0.39, 0.29) is 40.1 Å². The summed E-state index contributed by atoms with van der Waals surface area (Å²) in [5.74, 6) is -1.45. The lowest BCUT2D eigenvalue weighted by atomic mass is 9.77. The lowest BCUT2D eigenvalue weighted by Gasteiger charge is -2.38. The number of hydrogen-bond donors (Lipinski definition) is 1. The second kappa shape index (κ2) is 10.9. The number of carbonyl (C=O) groups excluding carboxylic acids is 2. The molecule has 212 valence electrons. The number of rotatable bonds is 6. The van der Waals surface area contributed by atoms with Crippen molar-refractivity contribution in [3.8, 4) is 28.4 Å². The highest BCUT2D eigenvalue weighted by Crippen LogP contribution is 2.51. The van der Waals surface area contributed by atoms with Crippen molar-refractivity contribution in [2.75, 3.05) is 32.8 Å². The van der Waals surface area contributed by atoms with Crippen LogP contribution in [0.25, 0.3) is 11.1 Å². The third-order valence-corrected chi connectivity index (χ3v) is 7.20. The molecule has 2 unspecified atom stereocenters. The fraction of sp³-hybridized carbons (Fsp3) is 0.286. The van der Waals surface area contributed by atoms with Crippen LogP contribution in [-0.4, -0.2) is 51.2 Å². The third-order valence-electron chi connectivity index (χ3n) is 6.87. The van der Waals surface area contributed by atoms with Crippen LogP contribution in [0.15, 0.2) is 54.6 Å². The number of anilines is 1. The van der Waals surface area contributed by atoms with Crippen LogP contribution in [0.4, 0.5) is 23.7 Å². The highest BCUT2D eigenvalue weighted by atomic mass is 35.5. The molecule has 1 aliphatic heterocycles. The summed E-state index contributed by atoms with van der Waals surface area (Å²) < 4.78 is 63.8. The minimum absolute atomic E-state index is 0.0184. The molecule has 1 heterocycles. The molecule has 3 aromatic carbocycles. The molecule has 4 rings (SSSR count). The van der Waals surface area contributed by atoms with Crippen molar-refractivity contribution in [2.24, 2.45) is 0 Å². The van der Waals surface area contributed by atoms with Crippen molar-refractivity contribution in [3.63, 3.8) is 0 Å². The first-order valence-electron chi connectivity index (χ1n) is 11.9. The predicted octanol–water partition coefficient (Wildman–Crippen LogP) is 6.07. The molecule has 3 aromatic rings. The fourth-order valence-corrected chi connectivity index (χ4v) is 4.86. The molecule has 0 radical (unpaired) electrons. The average Bonchev–Trinajstić information content (AvgIpc) is 2.93. The Morgan fingerprint density at radius 2 is 1.73 bits per heavy atom. The molecule has 0 saturated carbocycles. The molecule has 1 aliphatic rings. The first kappa shape index (κ1) is 29.0. The van der Waals surface area contributed by atoms with Crippen LogP contribution in [0.5, 0.6) is 17.2 Å². The normalized spacial score (nSPS) is 15.4. The van der Waals surface area contributed by atoms with E-state index in [1.807, 2.05) is 0 Å². The van der Waals surface area contributed by atoms with Crippen LogP contribution in [-0.2, 0) is 15.1 Å². The Morgan fingerprint density at radius 1 is 1.05 bits per heavy atom. The number of hydrogen-bond acceptors (Lipinski definition) is 7. The fourth-order valence-electron chi connectivity index (χ4n) is 4.51. The van der Waals surface area contributed by atoms with Gasteiger partial charge < -0.3 is 29.0 Å². The largest absolute Gasteiger partial charge is 0.513 e. The van der Waals surface area contributed by atoms with Crippen LogP contribution >= 0.6 is 11.6 Å². The molecule has 0 aromatic heterocycles. The molecular formula is C28H25ClF3NO7. The Labute approximate surface area is 232 Å². The third kappa shape index (κ3) is 5.14. The number of aliphatic hydroxyl groups is 1. The van der Waals surface area contributed by atoms with E-state index in [9.17, 15) is 27.9 Å². The smallest absolute Gasteiger partial charge is 0.493 e. The van der Waals surface area contributed by atoms with Gasteiger partial charge in [-0.05, 0) is 52.6 Å². The minimum atomic E-state index is -5.11. The zero-order chi connectivity index (χ0) is 29.4. The van der Waals surface area contributed by atoms with Crippen molar-refractivity contribution in [2.45, 2.75) is 24.6 Å². The molecule has 0 spiro atoms. The van der Waals surface area contributed by atoms with Gasteiger partial charge in [-0.25, -0.2) is 4.79 Å². The summed E-state index contributed by atoms with van der Waals surface area (Å²) >= 11 is 6.50. The van der Waals surface area contributed by atoms with Gasteiger partial charge in [-0.3, -0.25) is 4.79 Å². The maximum Gasteiger partial charge on any atom is 0.513 e. The number of carbonyl (C=O) groups is 2. The van der Waals surface area contributed by atoms with E-state index in [2.05, 4.69) is 4.74 Å². The van der Waals surface area contributed by atoms with Crippen LogP contribution in [0.3, 0.4) is 0 Å². The summed E-state index contributed by atoms with van der Waals surface area (Å²) in [5, 5.41) is 11.3. The molecule has 40 heavy (non-hydrogen) atoms. The highest BCUT2D eigenvalue weighted by molar-refractivity contribution is 6.31. The van der Waals surface area contributed by atoms with Crippen molar-refractivity contribution < 1.29 is 46.8 Å². The SMILES string of the molecule is COC(=O)Oc1ccc(-c2ccc(C(C)C(O)(c3ccc4c(c3)N(C)C(=O)CO4)C(F)(F)F)c(Cl)c2)cc1OC. The zero-order valence-corrected chi connectivity index (χ0v) is 22.6. The number of likely N-dealkylation sites (N-methyl/N-ethyl adjacent to an activating group) is 1. The molecule has 8 nitrogen and oxygen atoms in total. The molecule has 12 heteroatoms. The Hall–Kier alpha value is -3.96. The summed E-state index contributed by atoms with van der Waals surface area (Å²) in [6.07, 6.45) is -6.04. The Balaban J connectivity index is 1.72. The van der Waals surface area contributed by atoms with E-state index in [4.69, 9.17) is 25.8 Å². The van der Waals surface area contributed by atoms with Gasteiger partial charge >= 0.3 is 12.3 Å². The first-order chi connectivity index (χ1) is 18.8. The molecule has 2 atom stereocenters. The topological polar surface area (TPSA) is 94.5 Å². The monoisotopic (exact) mass is 579 g/mol. The quantitative estimate of drug-likeness (QED) is 0.280. The summed E-state index contributed by atoms with van der Waals surface area (Å²) in [6.45, 7) is 0.985. The summed E-state index contributed by atoms with van der Waals surface area (Å²) in [7, 11) is 3.95. The Bertz CT molecular complexity index is 1460. The van der Waals surface area contributed by atoms with Gasteiger partial charge in [0.2, 0.25) is 0 Å². The molecule has 0 bridgehead atoms. The number of ether oxygens (including phenoxy) is 4. The van der Waals surface area contributed by atoms with Crippen molar-refractivity contribution in [1.82, 2.24) is 0 Å². The van der Waals surface area contributed by atoms with Crippen LogP contribution in [0.2, 0.25) is 5.02 Å². The van der Waals surface area contributed by atoms with Crippen LogP contribution in [0, 0.1) is 0 Å². The maximum atomic E-state index is 14.6. The second-order valence-corrected chi connectivity index (χ2v) is 9.48. The number of benzene rings is 3. The number of amides is 1. The van der Waals surface area contributed by atoms with Gasteiger partial charge in [-0.1, -0.05) is 42.8 Å². The van der Waals surface area contributed by atoms with E-state index in [0.29, 0.717) is 11.1 Å². The van der Waals surface area contributed by atoms with Gasteiger partial charge in [0.15, 0.2) is 23.7 Å². The second-order valence-electron chi connectivity index (χ2n) is 9.07. The van der Waals surface area contributed by atoms with Gasteiger partial charge in [0.05, 0.1) is 19.9 Å². The highest BCUT2D eigenvalue weighted by Gasteiger charge is 2.59. The minimum Gasteiger partial charge on any atom is -0.493 e. The average molecular weight is 580 g/mol. The van der Waals surface area contributed by atoms with Crippen molar-refractivity contribution in [3.05, 3.63) is 70.7 Å². The number of nitrogens with zero attached hydrogens (tertiary/aromatic N) is 1. The molecule has 0 saturated heterocycles. The van der Waals surface area contributed by atoms with E-state index in [0.717, 1.165) is 19.2 Å². The summed E-state index contributed by atoms with van der Waals surface area (Å²) in [5.41, 5.74) is -2.57. The van der Waals surface area contributed by atoms with Crippen LogP contribution in [0.1, 0.15) is 24.0 Å². The molecule has 1 N–H and O–H groups in total. The summed E-state index contributed by atoms with van der Waals surface area (Å²) in [6, 6.07) is 12.6. The van der Waals surface area contributed by atoms with Gasteiger partial charge in [0.25, 0.3) is 5.91 Å². The van der Waals surface area contributed by atoms with Crippen molar-refractivity contribution in [1.29, 1.82) is 0 Å². The van der Waals surface area contributed by atoms with Gasteiger partial charge in [0.1, 0.15) is 5.75 Å². The lowest BCUT2D eigenvalue weighted by molar-refractivity contribution is -0.274. The number of halogens is 4. The van der Waals surface area contributed by atoms with E-state index < -0.39 is 35.3 Å². The number of methoxy groups -OCH3 is 2. The van der Waals surface area contributed by atoms with E-state index >= 15 is 0 Å². The zero-order valence-electron chi connectivity index (χ0n) is 21.8. The Kier molecular flexibility index (Phi) is 7.91. The number of alkyl halides is 3. The number of fused-ring (bicyclic) bond motifs is 1. The molecule has 0 fully saturated rings. The summed E-state index contributed by atoms with van der Waals surface area (Å²) in [4.78, 5) is 24.7. The molecular weight excluding hydrogens is 555 g/mol. The van der Waals surface area contributed by atoms with Gasteiger partial charge in [-0.15, -0.1) is 0 Å². The predicted molar refractivity (Wildman–Crippen MR) is 140 cm³/mol. The standard InChI is InChI=1S/C28H25ClF3NO7/c1-15(27(36,28(30,31)32)18-7-10-22-21(13-18)33(2)25(34)14-39-22)19-8-5-16(11-20(19)29)17-6-9-23(24(12-17)37-3)40-26(35)38-4/h5-13,15,36H,14H2,1-4H3. The molecule has 0 aliphatic carbocycles. The van der Waals surface area contributed by atoms with Crippen molar-refractivity contribution >= 4 is 29.4 Å². The maximum absolute atomic E-state index is 14.6. The van der Waals surface area contributed by atoms with Gasteiger partial charge in [0, 0.05) is 18.0 Å². The first-order valence-corrected chi connectivity index (χ1v) is 12.3. The Morgan fingerprint density at radius 3 is 2.35 bits per heavy atom. The lowest BCUT2D eigenvalue weighted by Crippen LogP contribution is -2.47. The van der Waals surface area contributed by atoms with Gasteiger partial charge in [-0.2, -0.15) is 13.2 Å². The molecule has 1 amide bonds.